The number of rotatable bonds is 2. The number of fused-ring (bicyclic) bond motifs is 1. The van der Waals surface area contributed by atoms with Crippen LogP contribution >= 0.6 is 0 Å². The Morgan fingerprint density at radius 1 is 1.25 bits per heavy atom. The quantitative estimate of drug-likeness (QED) is 0.860. The van der Waals surface area contributed by atoms with Gasteiger partial charge in [0.15, 0.2) is 5.60 Å². The average Bonchev–Trinajstić information content (AvgIpc) is 2.57. The SMILES string of the molecule is Cc1ccc(N2C(=O)c3ccccc3C(O)(CC#N)C2=O)cc1F. The molecule has 1 N–H and O–H groups in total. The number of anilines is 1. The maximum atomic E-state index is 13.9. The van der Waals surface area contributed by atoms with Crippen molar-refractivity contribution in [1.29, 1.82) is 5.26 Å². The second-order valence-electron chi connectivity index (χ2n) is 5.62. The van der Waals surface area contributed by atoms with Crippen LogP contribution in [0.4, 0.5) is 10.1 Å². The molecule has 0 fully saturated rings. The molecule has 2 amide bonds. The minimum Gasteiger partial charge on any atom is -0.374 e. The van der Waals surface area contributed by atoms with Gasteiger partial charge in [0.1, 0.15) is 5.82 Å². The summed E-state index contributed by atoms with van der Waals surface area (Å²) in [4.78, 5) is 26.2. The van der Waals surface area contributed by atoms with Crippen LogP contribution in [0.1, 0.15) is 27.9 Å². The summed E-state index contributed by atoms with van der Waals surface area (Å²) < 4.78 is 13.9. The predicted molar refractivity (Wildman–Crippen MR) is 83.5 cm³/mol. The van der Waals surface area contributed by atoms with Gasteiger partial charge in [-0.3, -0.25) is 9.59 Å². The van der Waals surface area contributed by atoms with Crippen LogP contribution in [0.15, 0.2) is 42.5 Å². The predicted octanol–water partition coefficient (Wildman–Crippen LogP) is 2.42. The number of hydrogen-bond donors (Lipinski definition) is 1. The van der Waals surface area contributed by atoms with Gasteiger partial charge in [0.25, 0.3) is 11.8 Å². The lowest BCUT2D eigenvalue weighted by molar-refractivity contribution is -0.137. The fourth-order valence-corrected chi connectivity index (χ4v) is 2.78. The van der Waals surface area contributed by atoms with Crippen molar-refractivity contribution in [2.75, 3.05) is 4.90 Å². The number of halogens is 1. The molecule has 0 aromatic heterocycles. The highest BCUT2D eigenvalue weighted by molar-refractivity contribution is 6.26. The van der Waals surface area contributed by atoms with E-state index in [1.165, 1.54) is 24.3 Å². The molecule has 1 aliphatic rings. The highest BCUT2D eigenvalue weighted by Crippen LogP contribution is 2.37. The van der Waals surface area contributed by atoms with Gasteiger partial charge >= 0.3 is 0 Å². The molecule has 2 aromatic carbocycles. The zero-order valence-electron chi connectivity index (χ0n) is 12.8. The van der Waals surface area contributed by atoms with E-state index in [0.29, 0.717) is 5.56 Å². The van der Waals surface area contributed by atoms with Crippen LogP contribution in [0.2, 0.25) is 0 Å². The summed E-state index contributed by atoms with van der Waals surface area (Å²) in [5.74, 6) is -2.20. The van der Waals surface area contributed by atoms with Gasteiger partial charge in [-0.05, 0) is 30.7 Å². The zero-order valence-corrected chi connectivity index (χ0v) is 12.8. The van der Waals surface area contributed by atoms with Gasteiger partial charge in [-0.15, -0.1) is 0 Å². The lowest BCUT2D eigenvalue weighted by Crippen LogP contribution is -2.54. The van der Waals surface area contributed by atoms with Crippen molar-refractivity contribution in [3.8, 4) is 6.07 Å². The van der Waals surface area contributed by atoms with Gasteiger partial charge in [-0.1, -0.05) is 24.3 Å². The number of aryl methyl sites for hydroxylation is 1. The molecule has 2 aromatic rings. The fraction of sp³-hybridized carbons (Fsp3) is 0.167. The van der Waals surface area contributed by atoms with E-state index in [2.05, 4.69) is 0 Å². The first kappa shape index (κ1) is 15.8. The highest BCUT2D eigenvalue weighted by Gasteiger charge is 2.50. The molecule has 0 aliphatic carbocycles. The normalized spacial score (nSPS) is 19.8. The first-order valence-electron chi connectivity index (χ1n) is 7.24. The Morgan fingerprint density at radius 2 is 1.96 bits per heavy atom. The average molecular weight is 324 g/mol. The van der Waals surface area contributed by atoms with Crippen molar-refractivity contribution in [1.82, 2.24) is 0 Å². The topological polar surface area (TPSA) is 81.4 Å². The molecule has 1 atom stereocenters. The van der Waals surface area contributed by atoms with Crippen molar-refractivity contribution < 1.29 is 19.1 Å². The van der Waals surface area contributed by atoms with Crippen LogP contribution in [-0.2, 0) is 10.4 Å². The van der Waals surface area contributed by atoms with Crippen molar-refractivity contribution in [3.05, 3.63) is 65.0 Å². The molecule has 1 heterocycles. The van der Waals surface area contributed by atoms with Crippen LogP contribution in [-0.4, -0.2) is 16.9 Å². The number of amides is 2. The maximum absolute atomic E-state index is 13.9. The van der Waals surface area contributed by atoms with Crippen molar-refractivity contribution in [2.45, 2.75) is 18.9 Å². The number of benzene rings is 2. The van der Waals surface area contributed by atoms with Crippen LogP contribution < -0.4 is 4.90 Å². The van der Waals surface area contributed by atoms with Gasteiger partial charge in [0.05, 0.1) is 18.2 Å². The second-order valence-corrected chi connectivity index (χ2v) is 5.62. The fourth-order valence-electron chi connectivity index (χ4n) is 2.78. The summed E-state index contributed by atoms with van der Waals surface area (Å²) in [6.07, 6.45) is -0.513. The van der Waals surface area contributed by atoms with E-state index in [1.807, 2.05) is 0 Å². The molecular weight excluding hydrogens is 311 g/mol. The van der Waals surface area contributed by atoms with E-state index in [1.54, 1.807) is 25.1 Å². The molecule has 3 rings (SSSR count). The van der Waals surface area contributed by atoms with Crippen molar-refractivity contribution >= 4 is 17.5 Å². The molecule has 0 radical (unpaired) electrons. The van der Waals surface area contributed by atoms with E-state index < -0.39 is 29.7 Å². The third-order valence-electron chi connectivity index (χ3n) is 4.11. The first-order valence-corrected chi connectivity index (χ1v) is 7.24. The van der Waals surface area contributed by atoms with Gasteiger partial charge in [-0.2, -0.15) is 5.26 Å². The van der Waals surface area contributed by atoms with Gasteiger partial charge < -0.3 is 5.11 Å². The highest BCUT2D eigenvalue weighted by atomic mass is 19.1. The number of hydrogen-bond acceptors (Lipinski definition) is 4. The van der Waals surface area contributed by atoms with Gasteiger partial charge in [0.2, 0.25) is 0 Å². The Hall–Kier alpha value is -3.04. The summed E-state index contributed by atoms with van der Waals surface area (Å²) in [5, 5.41) is 19.8. The van der Waals surface area contributed by atoms with Crippen molar-refractivity contribution in [3.63, 3.8) is 0 Å². The number of imide groups is 1. The molecule has 24 heavy (non-hydrogen) atoms. The van der Waals surface area contributed by atoms with E-state index in [9.17, 15) is 19.1 Å². The smallest absolute Gasteiger partial charge is 0.271 e. The van der Waals surface area contributed by atoms with Crippen LogP contribution in [0.5, 0.6) is 0 Å². The Kier molecular flexibility index (Phi) is 3.66. The number of carbonyl (C=O) groups is 2. The summed E-state index contributed by atoms with van der Waals surface area (Å²) >= 11 is 0. The van der Waals surface area contributed by atoms with E-state index >= 15 is 0 Å². The van der Waals surface area contributed by atoms with E-state index in [-0.39, 0.29) is 16.8 Å². The summed E-state index contributed by atoms with van der Waals surface area (Å²) in [7, 11) is 0. The van der Waals surface area contributed by atoms with E-state index in [4.69, 9.17) is 5.26 Å². The Labute approximate surface area is 137 Å². The van der Waals surface area contributed by atoms with Gasteiger partial charge in [0, 0.05) is 11.1 Å². The molecule has 1 unspecified atom stereocenters. The summed E-state index contributed by atoms with van der Waals surface area (Å²) in [6, 6.07) is 11.8. The number of carbonyl (C=O) groups excluding carboxylic acids is 2. The number of nitrogens with zero attached hydrogens (tertiary/aromatic N) is 2. The first-order chi connectivity index (χ1) is 11.4. The largest absolute Gasteiger partial charge is 0.374 e. The molecule has 0 saturated heterocycles. The molecule has 0 bridgehead atoms. The molecule has 5 nitrogen and oxygen atoms in total. The Balaban J connectivity index is 2.22. The molecule has 0 spiro atoms. The molecule has 0 saturated carbocycles. The summed E-state index contributed by atoms with van der Waals surface area (Å²) in [6.45, 7) is 1.56. The minimum atomic E-state index is -2.15. The molecular formula is C18H13FN2O3. The molecule has 1 aliphatic heterocycles. The van der Waals surface area contributed by atoms with E-state index in [0.717, 1.165) is 11.0 Å². The number of nitriles is 1. The van der Waals surface area contributed by atoms with Crippen LogP contribution in [0, 0.1) is 24.1 Å². The second kappa shape index (κ2) is 5.55. The monoisotopic (exact) mass is 324 g/mol. The zero-order chi connectivity index (χ0) is 17.5. The van der Waals surface area contributed by atoms with Crippen LogP contribution in [0.25, 0.3) is 0 Å². The maximum Gasteiger partial charge on any atom is 0.271 e. The Bertz CT molecular complexity index is 903. The Morgan fingerprint density at radius 3 is 2.62 bits per heavy atom. The molecule has 6 heteroatoms. The lowest BCUT2D eigenvalue weighted by atomic mass is 9.82. The van der Waals surface area contributed by atoms with Gasteiger partial charge in [-0.25, -0.2) is 9.29 Å². The standard InChI is InChI=1S/C18H13FN2O3/c1-11-6-7-12(10-15(11)19)21-16(22)13-4-2-3-5-14(13)18(24,8-9-20)17(21)23/h2-7,10,24H,8H2,1H3. The van der Waals surface area contributed by atoms with Crippen LogP contribution in [0.3, 0.4) is 0 Å². The minimum absolute atomic E-state index is 0.0129. The molecule has 120 valence electrons. The third kappa shape index (κ3) is 2.18. The number of aliphatic hydroxyl groups is 1. The summed E-state index contributed by atoms with van der Waals surface area (Å²) in [5.41, 5.74) is -1.58. The van der Waals surface area contributed by atoms with Crippen molar-refractivity contribution in [2.24, 2.45) is 0 Å². The third-order valence-corrected chi connectivity index (χ3v) is 4.11. The lowest BCUT2D eigenvalue weighted by Gasteiger charge is -2.37.